The molecule has 0 bridgehead atoms. The Bertz CT molecular complexity index is 327. The minimum atomic E-state index is 0.0222. The highest BCUT2D eigenvalue weighted by Gasteiger charge is 2.27. The van der Waals surface area contributed by atoms with Crippen LogP contribution in [0.5, 0.6) is 0 Å². The van der Waals surface area contributed by atoms with Crippen molar-refractivity contribution in [1.29, 1.82) is 0 Å². The Kier molecular flexibility index (Phi) is 4.41. The molecule has 0 fully saturated rings. The SMILES string of the molecule is CC(C)CC(NN)c1snnc1C(C)(C)C. The molecule has 0 aromatic carbocycles. The van der Waals surface area contributed by atoms with Crippen LogP contribution < -0.4 is 11.3 Å². The van der Waals surface area contributed by atoms with E-state index in [1.165, 1.54) is 16.4 Å². The molecule has 5 heteroatoms. The second-order valence-electron chi connectivity index (χ2n) is 5.58. The zero-order valence-electron chi connectivity index (χ0n) is 10.7. The van der Waals surface area contributed by atoms with Gasteiger partial charge in [0.15, 0.2) is 0 Å². The minimum Gasteiger partial charge on any atom is -0.271 e. The number of hydrogen-bond donors (Lipinski definition) is 2. The van der Waals surface area contributed by atoms with Gasteiger partial charge in [-0.15, -0.1) is 5.10 Å². The van der Waals surface area contributed by atoms with Crippen LogP contribution >= 0.6 is 11.5 Å². The Morgan fingerprint density at radius 3 is 2.44 bits per heavy atom. The monoisotopic (exact) mass is 242 g/mol. The van der Waals surface area contributed by atoms with Crippen molar-refractivity contribution < 1.29 is 0 Å². The normalized spacial score (nSPS) is 14.4. The summed E-state index contributed by atoms with van der Waals surface area (Å²) in [5.74, 6) is 6.22. The van der Waals surface area contributed by atoms with Gasteiger partial charge >= 0.3 is 0 Å². The molecule has 92 valence electrons. The molecule has 0 radical (unpaired) electrons. The number of rotatable bonds is 4. The lowest BCUT2D eigenvalue weighted by molar-refractivity contribution is 0.432. The molecule has 1 rings (SSSR count). The molecule has 4 nitrogen and oxygen atoms in total. The lowest BCUT2D eigenvalue weighted by Crippen LogP contribution is -2.30. The van der Waals surface area contributed by atoms with Gasteiger partial charge in [0.05, 0.1) is 16.6 Å². The summed E-state index contributed by atoms with van der Waals surface area (Å²) >= 11 is 1.45. The number of nitrogens with two attached hydrogens (primary N) is 1. The highest BCUT2D eigenvalue weighted by molar-refractivity contribution is 7.05. The van der Waals surface area contributed by atoms with Crippen LogP contribution in [0.3, 0.4) is 0 Å². The maximum Gasteiger partial charge on any atom is 0.0857 e. The van der Waals surface area contributed by atoms with E-state index in [4.69, 9.17) is 5.84 Å². The fraction of sp³-hybridized carbons (Fsp3) is 0.818. The van der Waals surface area contributed by atoms with Crippen LogP contribution in [0.2, 0.25) is 0 Å². The van der Waals surface area contributed by atoms with Crippen molar-refractivity contribution in [1.82, 2.24) is 15.0 Å². The number of hydrogen-bond acceptors (Lipinski definition) is 5. The molecule has 0 aliphatic rings. The maximum atomic E-state index is 5.63. The first-order valence-corrected chi connectivity index (χ1v) is 6.42. The highest BCUT2D eigenvalue weighted by Crippen LogP contribution is 2.32. The van der Waals surface area contributed by atoms with Crippen LogP contribution in [0.4, 0.5) is 0 Å². The fourth-order valence-electron chi connectivity index (χ4n) is 1.67. The van der Waals surface area contributed by atoms with Crippen molar-refractivity contribution in [2.75, 3.05) is 0 Å². The van der Waals surface area contributed by atoms with Crippen LogP contribution in [0.1, 0.15) is 57.7 Å². The zero-order chi connectivity index (χ0) is 12.3. The van der Waals surface area contributed by atoms with Gasteiger partial charge in [-0.3, -0.25) is 11.3 Å². The smallest absolute Gasteiger partial charge is 0.0857 e. The van der Waals surface area contributed by atoms with E-state index in [0.717, 1.165) is 12.1 Å². The summed E-state index contributed by atoms with van der Waals surface area (Å²) in [6.45, 7) is 10.8. The van der Waals surface area contributed by atoms with Gasteiger partial charge in [0.25, 0.3) is 0 Å². The molecule has 0 amide bonds. The third kappa shape index (κ3) is 3.23. The summed E-state index contributed by atoms with van der Waals surface area (Å²) in [6.07, 6.45) is 1.00. The Hall–Kier alpha value is -0.520. The molecule has 16 heavy (non-hydrogen) atoms. The minimum absolute atomic E-state index is 0.0222. The van der Waals surface area contributed by atoms with Gasteiger partial charge in [-0.25, -0.2) is 0 Å². The largest absolute Gasteiger partial charge is 0.271 e. The lowest BCUT2D eigenvalue weighted by Gasteiger charge is -2.22. The Morgan fingerprint density at radius 2 is 2.00 bits per heavy atom. The van der Waals surface area contributed by atoms with Crippen molar-refractivity contribution in [2.24, 2.45) is 11.8 Å². The molecular formula is C11H22N4S. The van der Waals surface area contributed by atoms with Crippen molar-refractivity contribution in [3.8, 4) is 0 Å². The van der Waals surface area contributed by atoms with Gasteiger partial charge < -0.3 is 0 Å². The molecule has 1 aromatic heterocycles. The van der Waals surface area contributed by atoms with Crippen LogP contribution in [0.25, 0.3) is 0 Å². The van der Waals surface area contributed by atoms with Gasteiger partial charge in [-0.05, 0) is 23.9 Å². The number of aromatic nitrogens is 2. The van der Waals surface area contributed by atoms with Crippen LogP contribution in [-0.2, 0) is 5.41 Å². The van der Waals surface area contributed by atoms with Crippen molar-refractivity contribution in [3.05, 3.63) is 10.6 Å². The van der Waals surface area contributed by atoms with E-state index in [1.54, 1.807) is 0 Å². The lowest BCUT2D eigenvalue weighted by atomic mass is 9.89. The summed E-state index contributed by atoms with van der Waals surface area (Å²) in [6, 6.07) is 0.161. The molecule has 1 heterocycles. The van der Waals surface area contributed by atoms with Crippen molar-refractivity contribution in [2.45, 2.75) is 52.5 Å². The topological polar surface area (TPSA) is 63.8 Å². The van der Waals surface area contributed by atoms with Crippen LogP contribution in [-0.4, -0.2) is 9.59 Å². The number of nitrogens with zero attached hydrogens (tertiary/aromatic N) is 2. The van der Waals surface area contributed by atoms with Gasteiger partial charge in [0, 0.05) is 5.41 Å². The first-order valence-electron chi connectivity index (χ1n) is 5.65. The first-order chi connectivity index (χ1) is 7.36. The molecule has 1 atom stereocenters. The third-order valence-electron chi connectivity index (χ3n) is 2.45. The molecule has 0 spiro atoms. The number of hydrazine groups is 1. The van der Waals surface area contributed by atoms with Gasteiger partial charge in [0.1, 0.15) is 0 Å². The average molecular weight is 242 g/mol. The highest BCUT2D eigenvalue weighted by atomic mass is 32.1. The Labute approximate surface area is 102 Å². The van der Waals surface area contributed by atoms with Crippen molar-refractivity contribution in [3.63, 3.8) is 0 Å². The van der Waals surface area contributed by atoms with E-state index in [-0.39, 0.29) is 11.5 Å². The van der Waals surface area contributed by atoms with E-state index in [2.05, 4.69) is 49.6 Å². The average Bonchev–Trinajstić information content (AvgIpc) is 2.61. The van der Waals surface area contributed by atoms with Gasteiger partial charge in [0.2, 0.25) is 0 Å². The molecule has 3 N–H and O–H groups in total. The molecule has 1 unspecified atom stereocenters. The molecule has 0 aliphatic heterocycles. The van der Waals surface area contributed by atoms with E-state index < -0.39 is 0 Å². The molecule has 0 saturated heterocycles. The van der Waals surface area contributed by atoms with E-state index in [9.17, 15) is 0 Å². The molecule has 1 aromatic rings. The van der Waals surface area contributed by atoms with E-state index >= 15 is 0 Å². The summed E-state index contributed by atoms with van der Waals surface area (Å²) in [5.41, 5.74) is 3.96. The standard InChI is InChI=1S/C11H22N4S/c1-7(2)6-8(13-12)9-10(11(3,4)5)14-15-16-9/h7-8,13H,6,12H2,1-5H3. The second-order valence-corrected chi connectivity index (χ2v) is 6.37. The fourth-order valence-corrected chi connectivity index (χ4v) is 2.60. The molecular weight excluding hydrogens is 220 g/mol. The summed E-state index contributed by atoms with van der Waals surface area (Å²) < 4.78 is 4.06. The quantitative estimate of drug-likeness (QED) is 0.628. The predicted octanol–water partition coefficient (Wildman–Crippen LogP) is 2.39. The van der Waals surface area contributed by atoms with E-state index in [0.29, 0.717) is 5.92 Å². The number of nitrogens with one attached hydrogen (secondary N) is 1. The van der Waals surface area contributed by atoms with Crippen LogP contribution in [0.15, 0.2) is 0 Å². The van der Waals surface area contributed by atoms with Crippen LogP contribution in [0, 0.1) is 5.92 Å². The van der Waals surface area contributed by atoms with Gasteiger partial charge in [-0.1, -0.05) is 39.1 Å². The van der Waals surface area contributed by atoms with E-state index in [1.807, 2.05) is 0 Å². The second kappa shape index (κ2) is 5.21. The van der Waals surface area contributed by atoms with Gasteiger partial charge in [-0.2, -0.15) is 0 Å². The molecule has 0 aliphatic carbocycles. The maximum absolute atomic E-state index is 5.63. The third-order valence-corrected chi connectivity index (χ3v) is 3.29. The first kappa shape index (κ1) is 13.5. The Balaban J connectivity index is 2.97. The van der Waals surface area contributed by atoms with Crippen molar-refractivity contribution >= 4 is 11.5 Å². The summed E-state index contributed by atoms with van der Waals surface area (Å²) in [4.78, 5) is 1.17. The summed E-state index contributed by atoms with van der Waals surface area (Å²) in [5, 5.41) is 4.24. The Morgan fingerprint density at radius 1 is 1.38 bits per heavy atom. The predicted molar refractivity (Wildman–Crippen MR) is 68.1 cm³/mol. The molecule has 0 saturated carbocycles. The summed E-state index contributed by atoms with van der Waals surface area (Å²) in [7, 11) is 0. The zero-order valence-corrected chi connectivity index (χ0v) is 11.6.